The fraction of sp³-hybridized carbons (Fsp3) is 0.630. The molecule has 0 rings (SSSR count). The molecule has 0 saturated carbocycles. The van der Waals surface area contributed by atoms with Gasteiger partial charge in [0.1, 0.15) is 13.2 Å². The van der Waals surface area contributed by atoms with Crippen molar-refractivity contribution in [1.82, 2.24) is 0 Å². The molecule has 0 fully saturated rings. The molecule has 0 spiro atoms. The number of ether oxygens (including phenoxy) is 3. The first-order chi connectivity index (χ1) is 39.0. The van der Waals surface area contributed by atoms with Gasteiger partial charge >= 0.3 is 17.9 Å². The summed E-state index contributed by atoms with van der Waals surface area (Å²) in [5.74, 6) is -0.925. The van der Waals surface area contributed by atoms with Gasteiger partial charge in [0.05, 0.1) is 0 Å². The van der Waals surface area contributed by atoms with E-state index in [1.54, 1.807) is 0 Å². The molecule has 446 valence electrons. The lowest BCUT2D eigenvalue weighted by molar-refractivity contribution is -0.167. The molecule has 0 bridgehead atoms. The zero-order chi connectivity index (χ0) is 57.1. The number of esters is 3. The summed E-state index contributed by atoms with van der Waals surface area (Å²) in [5.41, 5.74) is 0. The first kappa shape index (κ1) is 74.3. The summed E-state index contributed by atoms with van der Waals surface area (Å²) < 4.78 is 16.8. The van der Waals surface area contributed by atoms with Gasteiger partial charge in [0, 0.05) is 19.3 Å². The average molecular weight is 1090 g/mol. The normalized spacial score (nSPS) is 13.1. The van der Waals surface area contributed by atoms with Crippen LogP contribution >= 0.6 is 0 Å². The Kier molecular flexibility index (Phi) is 61.9. The van der Waals surface area contributed by atoms with Crippen LogP contribution in [0.15, 0.2) is 146 Å². The highest BCUT2D eigenvalue weighted by molar-refractivity contribution is 5.71. The minimum atomic E-state index is -0.793. The van der Waals surface area contributed by atoms with Crippen LogP contribution in [0.5, 0.6) is 0 Å². The minimum Gasteiger partial charge on any atom is -0.462 e. The molecule has 6 heteroatoms. The van der Waals surface area contributed by atoms with Crippen molar-refractivity contribution in [1.29, 1.82) is 0 Å². The fourth-order valence-corrected chi connectivity index (χ4v) is 8.57. The lowest BCUT2D eigenvalue weighted by atomic mass is 10.0. The Morgan fingerprint density at radius 1 is 0.266 bits per heavy atom. The molecule has 0 aromatic carbocycles. The third-order valence-corrected chi connectivity index (χ3v) is 13.3. The second kappa shape index (κ2) is 65.8. The number of rotatable bonds is 57. The summed E-state index contributed by atoms with van der Waals surface area (Å²) in [4.78, 5) is 38.1. The van der Waals surface area contributed by atoms with Crippen LogP contribution in [0.2, 0.25) is 0 Å². The van der Waals surface area contributed by atoms with Crippen molar-refractivity contribution < 1.29 is 28.6 Å². The first-order valence-corrected chi connectivity index (χ1v) is 32.3. The Labute approximate surface area is 487 Å². The summed E-state index contributed by atoms with van der Waals surface area (Å²) in [6.45, 7) is 6.35. The maximum atomic E-state index is 12.9. The van der Waals surface area contributed by atoms with E-state index in [4.69, 9.17) is 14.2 Å². The zero-order valence-electron chi connectivity index (χ0n) is 51.1. The third kappa shape index (κ3) is 64.0. The Morgan fingerprint density at radius 3 is 0.772 bits per heavy atom. The van der Waals surface area contributed by atoms with Gasteiger partial charge in [0.25, 0.3) is 0 Å². The predicted octanol–water partition coefficient (Wildman–Crippen LogP) is 22.3. The quantitative estimate of drug-likeness (QED) is 0.0261. The van der Waals surface area contributed by atoms with Crippen molar-refractivity contribution in [3.05, 3.63) is 146 Å². The second-order valence-corrected chi connectivity index (χ2v) is 20.9. The van der Waals surface area contributed by atoms with E-state index in [2.05, 4.69) is 167 Å². The Bertz CT molecular complexity index is 1730. The molecule has 0 heterocycles. The molecule has 1 unspecified atom stereocenters. The minimum absolute atomic E-state index is 0.0901. The molecular weight excluding hydrogens is 973 g/mol. The van der Waals surface area contributed by atoms with Gasteiger partial charge in [-0.15, -0.1) is 0 Å². The van der Waals surface area contributed by atoms with Crippen LogP contribution in [-0.4, -0.2) is 37.2 Å². The molecule has 0 aliphatic rings. The van der Waals surface area contributed by atoms with E-state index in [-0.39, 0.29) is 31.1 Å². The molecule has 6 nitrogen and oxygen atoms in total. The molecule has 1 atom stereocenters. The number of allylic oxidation sites excluding steroid dienone is 24. The number of carbonyl (C=O) groups excluding carboxylic acids is 3. The van der Waals surface area contributed by atoms with Gasteiger partial charge in [0.2, 0.25) is 0 Å². The van der Waals surface area contributed by atoms with E-state index in [0.717, 1.165) is 148 Å². The highest BCUT2D eigenvalue weighted by atomic mass is 16.6. The number of hydrogen-bond acceptors (Lipinski definition) is 6. The monoisotopic (exact) mass is 1090 g/mol. The smallest absolute Gasteiger partial charge is 0.306 e. The molecule has 0 aliphatic heterocycles. The Morgan fingerprint density at radius 2 is 0.494 bits per heavy atom. The van der Waals surface area contributed by atoms with Crippen molar-refractivity contribution in [2.24, 2.45) is 0 Å². The molecule has 0 radical (unpaired) electrons. The molecular formula is C73H118O6. The van der Waals surface area contributed by atoms with Gasteiger partial charge in [-0.3, -0.25) is 14.4 Å². The van der Waals surface area contributed by atoms with Crippen LogP contribution in [0.25, 0.3) is 0 Å². The number of carbonyl (C=O) groups is 3. The fourth-order valence-electron chi connectivity index (χ4n) is 8.57. The Balaban J connectivity index is 4.23. The van der Waals surface area contributed by atoms with E-state index in [0.29, 0.717) is 19.3 Å². The van der Waals surface area contributed by atoms with Crippen LogP contribution in [0.1, 0.15) is 278 Å². The van der Waals surface area contributed by atoms with Crippen LogP contribution in [-0.2, 0) is 28.6 Å². The summed E-state index contributed by atoms with van der Waals surface area (Å²) in [7, 11) is 0. The number of unbranched alkanes of at least 4 members (excludes halogenated alkanes) is 22. The molecule has 0 N–H and O–H groups in total. The van der Waals surface area contributed by atoms with E-state index >= 15 is 0 Å². The lowest BCUT2D eigenvalue weighted by Crippen LogP contribution is -2.30. The van der Waals surface area contributed by atoms with Gasteiger partial charge < -0.3 is 14.2 Å². The van der Waals surface area contributed by atoms with Gasteiger partial charge in [-0.1, -0.05) is 282 Å². The Hall–Kier alpha value is -4.71. The topological polar surface area (TPSA) is 78.9 Å². The third-order valence-electron chi connectivity index (χ3n) is 13.3. The molecule has 0 aromatic heterocycles. The van der Waals surface area contributed by atoms with E-state index < -0.39 is 6.10 Å². The van der Waals surface area contributed by atoms with E-state index in [1.165, 1.54) is 89.9 Å². The van der Waals surface area contributed by atoms with Crippen molar-refractivity contribution in [3.8, 4) is 0 Å². The van der Waals surface area contributed by atoms with Crippen LogP contribution in [0.3, 0.4) is 0 Å². The molecule has 0 aromatic rings. The van der Waals surface area contributed by atoms with Gasteiger partial charge in [0.15, 0.2) is 6.10 Å². The van der Waals surface area contributed by atoms with E-state index in [9.17, 15) is 14.4 Å². The molecule has 0 saturated heterocycles. The largest absolute Gasteiger partial charge is 0.462 e. The summed E-state index contributed by atoms with van der Waals surface area (Å²) in [6.07, 6.45) is 94.5. The second-order valence-electron chi connectivity index (χ2n) is 20.9. The average Bonchev–Trinajstić information content (AvgIpc) is 3.45. The number of hydrogen-bond donors (Lipinski definition) is 0. The molecule has 0 aliphatic carbocycles. The highest BCUT2D eigenvalue weighted by Gasteiger charge is 2.19. The SMILES string of the molecule is CC/C=C\C/C=C\C/C=C\C/C=C\C/C=C\C/C=C\C/C=C\C/C=C\CCCCCCC(=O)OCC(COC(=O)CCCCCCCCC)OC(=O)CCCCCCCCCCCCCC/C=C\C/C=C\C/C=C\C/C=C\CC. The summed E-state index contributed by atoms with van der Waals surface area (Å²) >= 11 is 0. The highest BCUT2D eigenvalue weighted by Crippen LogP contribution is 2.15. The molecule has 79 heavy (non-hydrogen) atoms. The molecule has 0 amide bonds. The zero-order valence-corrected chi connectivity index (χ0v) is 51.1. The standard InChI is InChI=1S/C73H118O6/c1-4-7-10-13-16-18-20-22-24-26-28-30-32-34-35-36-37-39-40-42-44-46-48-50-52-54-57-60-63-66-72(75)78-69-70(68-77-71(74)65-62-59-56-15-12-9-6-3)79-73(76)67-64-61-58-55-53-51-49-47-45-43-41-38-33-31-29-27-25-23-21-19-17-14-11-8-5-2/h7-8,10-11,16-19,22-25,28-31,34-35,37,39,42,44,48,50,70H,4-6,9,12-15,20-21,26-27,32-33,36,38,40-41,43,45-47,49,51-69H2,1-3H3/b10-7-,11-8-,18-16-,19-17-,24-22-,25-23-,30-28-,31-29-,35-34-,39-37-,44-42-,50-48-. The van der Waals surface area contributed by atoms with Gasteiger partial charge in [-0.05, 0) is 122 Å². The van der Waals surface area contributed by atoms with Crippen molar-refractivity contribution >= 4 is 17.9 Å². The van der Waals surface area contributed by atoms with Crippen LogP contribution < -0.4 is 0 Å². The maximum absolute atomic E-state index is 12.9. The van der Waals surface area contributed by atoms with Gasteiger partial charge in [-0.2, -0.15) is 0 Å². The summed E-state index contributed by atoms with van der Waals surface area (Å²) in [6, 6.07) is 0. The van der Waals surface area contributed by atoms with Crippen molar-refractivity contribution in [3.63, 3.8) is 0 Å². The van der Waals surface area contributed by atoms with Crippen molar-refractivity contribution in [2.75, 3.05) is 13.2 Å². The van der Waals surface area contributed by atoms with Crippen LogP contribution in [0, 0.1) is 0 Å². The van der Waals surface area contributed by atoms with Crippen LogP contribution in [0.4, 0.5) is 0 Å². The summed E-state index contributed by atoms with van der Waals surface area (Å²) in [5, 5.41) is 0. The first-order valence-electron chi connectivity index (χ1n) is 32.3. The predicted molar refractivity (Wildman–Crippen MR) is 343 cm³/mol. The maximum Gasteiger partial charge on any atom is 0.306 e. The van der Waals surface area contributed by atoms with Gasteiger partial charge in [-0.25, -0.2) is 0 Å². The van der Waals surface area contributed by atoms with E-state index in [1.807, 2.05) is 0 Å². The van der Waals surface area contributed by atoms with Crippen molar-refractivity contribution in [2.45, 2.75) is 284 Å². The lowest BCUT2D eigenvalue weighted by Gasteiger charge is -2.18.